The summed E-state index contributed by atoms with van der Waals surface area (Å²) in [6.07, 6.45) is 4.35. The number of anilines is 1. The molecule has 4 atom stereocenters. The molecule has 3 heterocycles. The monoisotopic (exact) mass is 404 g/mol. The lowest BCUT2D eigenvalue weighted by Crippen LogP contribution is -2.41. The molecule has 2 amide bonds. The molecule has 0 radical (unpaired) electrons. The first-order chi connectivity index (χ1) is 14.6. The highest BCUT2D eigenvalue weighted by Gasteiger charge is 2.66. The van der Waals surface area contributed by atoms with Crippen LogP contribution < -0.4 is 10.1 Å². The molecule has 0 aromatic heterocycles. The minimum atomic E-state index is -0.680. The summed E-state index contributed by atoms with van der Waals surface area (Å²) >= 11 is 0. The molecule has 6 heteroatoms. The molecule has 154 valence electrons. The Morgan fingerprint density at radius 2 is 1.97 bits per heavy atom. The normalized spacial score (nSPS) is 28.6. The minimum Gasteiger partial charge on any atom is -0.497 e. The van der Waals surface area contributed by atoms with Gasteiger partial charge >= 0.3 is 0 Å². The van der Waals surface area contributed by atoms with Crippen molar-refractivity contribution in [3.8, 4) is 5.75 Å². The van der Waals surface area contributed by atoms with Gasteiger partial charge in [-0.25, -0.2) is 0 Å². The van der Waals surface area contributed by atoms with Crippen molar-refractivity contribution >= 4 is 17.5 Å². The highest BCUT2D eigenvalue weighted by atomic mass is 16.5. The fourth-order valence-electron chi connectivity index (χ4n) is 4.88. The number of carbonyl (C=O) groups excluding carboxylic acids is 2. The van der Waals surface area contributed by atoms with Crippen molar-refractivity contribution in [3.05, 3.63) is 72.3 Å². The zero-order valence-electron chi connectivity index (χ0n) is 16.8. The number of nitrogens with zero attached hydrogens (tertiary/aromatic N) is 1. The number of benzene rings is 2. The van der Waals surface area contributed by atoms with Crippen LogP contribution in [0.2, 0.25) is 0 Å². The first-order valence-electron chi connectivity index (χ1n) is 10.2. The minimum absolute atomic E-state index is 0.00709. The van der Waals surface area contributed by atoms with Gasteiger partial charge in [-0.05, 0) is 36.2 Å². The number of nitrogens with one attached hydrogen (secondary N) is 1. The van der Waals surface area contributed by atoms with Crippen LogP contribution in [0.4, 0.5) is 5.69 Å². The number of methoxy groups -OCH3 is 1. The van der Waals surface area contributed by atoms with Crippen LogP contribution in [0.15, 0.2) is 66.7 Å². The van der Waals surface area contributed by atoms with Gasteiger partial charge in [-0.2, -0.15) is 0 Å². The standard InChI is InChI=1S/C24H24N2O4/c1-29-18-9-7-17(8-10-18)25-22(27)20-19-11-13-24(30-19)15-26(23(28)21(20)24)14-12-16-5-3-2-4-6-16/h2-11,13,19-21H,12,14-15H2,1H3,(H,25,27)/t19-,20?,21?,24-/m0/s1. The molecule has 5 rings (SSSR count). The van der Waals surface area contributed by atoms with Crippen molar-refractivity contribution in [2.24, 2.45) is 11.8 Å². The predicted octanol–water partition coefficient (Wildman–Crippen LogP) is 2.66. The van der Waals surface area contributed by atoms with E-state index in [1.165, 1.54) is 5.56 Å². The quantitative estimate of drug-likeness (QED) is 0.752. The second-order valence-electron chi connectivity index (χ2n) is 8.11. The summed E-state index contributed by atoms with van der Waals surface area (Å²) in [5.41, 5.74) is 1.18. The van der Waals surface area contributed by atoms with Gasteiger partial charge in [0.25, 0.3) is 0 Å². The van der Waals surface area contributed by atoms with Crippen LogP contribution in [-0.4, -0.2) is 48.6 Å². The Kier molecular flexibility index (Phi) is 4.59. The van der Waals surface area contributed by atoms with Gasteiger partial charge in [0.05, 0.1) is 31.6 Å². The fraction of sp³-hybridized carbons (Fsp3) is 0.333. The van der Waals surface area contributed by atoms with Crippen molar-refractivity contribution in [2.45, 2.75) is 18.1 Å². The maximum Gasteiger partial charge on any atom is 0.231 e. The maximum absolute atomic E-state index is 13.3. The molecule has 0 aliphatic carbocycles. The molecule has 2 aromatic carbocycles. The SMILES string of the molecule is COc1ccc(NC(=O)C2C3C(=O)N(CCc4ccccc4)C[C@@]34C=C[C@@H]2O4)cc1. The molecule has 2 aromatic rings. The van der Waals surface area contributed by atoms with Crippen LogP contribution in [0.3, 0.4) is 0 Å². The van der Waals surface area contributed by atoms with E-state index in [4.69, 9.17) is 9.47 Å². The van der Waals surface area contributed by atoms with E-state index < -0.39 is 17.4 Å². The Balaban J connectivity index is 1.31. The largest absolute Gasteiger partial charge is 0.497 e. The van der Waals surface area contributed by atoms with Crippen molar-refractivity contribution in [2.75, 3.05) is 25.5 Å². The van der Waals surface area contributed by atoms with E-state index in [0.717, 1.165) is 12.2 Å². The second-order valence-corrected chi connectivity index (χ2v) is 8.11. The Morgan fingerprint density at radius 3 is 2.70 bits per heavy atom. The smallest absolute Gasteiger partial charge is 0.231 e. The lowest BCUT2D eigenvalue weighted by atomic mass is 9.77. The molecule has 1 spiro atoms. The summed E-state index contributed by atoms with van der Waals surface area (Å²) in [5, 5.41) is 2.94. The average Bonchev–Trinajstić information content (AvgIpc) is 3.41. The lowest BCUT2D eigenvalue weighted by Gasteiger charge is -2.23. The van der Waals surface area contributed by atoms with Gasteiger partial charge in [-0.15, -0.1) is 0 Å². The summed E-state index contributed by atoms with van der Waals surface area (Å²) in [5.74, 6) is -0.446. The Hall–Kier alpha value is -3.12. The van der Waals surface area contributed by atoms with E-state index in [9.17, 15) is 9.59 Å². The Morgan fingerprint density at radius 1 is 1.20 bits per heavy atom. The third-order valence-electron chi connectivity index (χ3n) is 6.35. The summed E-state index contributed by atoms with van der Waals surface area (Å²) < 4.78 is 11.3. The van der Waals surface area contributed by atoms with E-state index in [2.05, 4.69) is 17.4 Å². The topological polar surface area (TPSA) is 67.9 Å². The zero-order valence-corrected chi connectivity index (χ0v) is 16.8. The Bertz CT molecular complexity index is 988. The van der Waals surface area contributed by atoms with Gasteiger partial charge in [-0.1, -0.05) is 42.5 Å². The number of hydrogen-bond acceptors (Lipinski definition) is 4. The maximum atomic E-state index is 13.3. The second kappa shape index (κ2) is 7.29. The van der Waals surface area contributed by atoms with Crippen molar-refractivity contribution in [1.29, 1.82) is 0 Å². The van der Waals surface area contributed by atoms with E-state index >= 15 is 0 Å². The fourth-order valence-corrected chi connectivity index (χ4v) is 4.88. The molecule has 30 heavy (non-hydrogen) atoms. The van der Waals surface area contributed by atoms with E-state index in [1.807, 2.05) is 35.3 Å². The van der Waals surface area contributed by atoms with E-state index in [1.54, 1.807) is 31.4 Å². The zero-order chi connectivity index (χ0) is 20.7. The molecule has 3 aliphatic heterocycles. The van der Waals surface area contributed by atoms with Crippen LogP contribution in [0.1, 0.15) is 5.56 Å². The number of likely N-dealkylation sites (tertiary alicyclic amines) is 1. The van der Waals surface area contributed by atoms with Gasteiger partial charge in [-0.3, -0.25) is 9.59 Å². The number of amides is 2. The first kappa shape index (κ1) is 18.9. The summed E-state index contributed by atoms with van der Waals surface area (Å²) in [6.45, 7) is 1.12. The molecule has 2 unspecified atom stereocenters. The summed E-state index contributed by atoms with van der Waals surface area (Å²) in [4.78, 5) is 28.2. The molecular formula is C24H24N2O4. The number of carbonyl (C=O) groups is 2. The van der Waals surface area contributed by atoms with Crippen LogP contribution in [0.5, 0.6) is 5.75 Å². The Labute approximate surface area is 175 Å². The molecule has 3 aliphatic rings. The predicted molar refractivity (Wildman–Crippen MR) is 112 cm³/mol. The van der Waals surface area contributed by atoms with Gasteiger partial charge in [0.15, 0.2) is 0 Å². The van der Waals surface area contributed by atoms with Gasteiger partial charge in [0.1, 0.15) is 11.4 Å². The molecule has 6 nitrogen and oxygen atoms in total. The average molecular weight is 404 g/mol. The van der Waals surface area contributed by atoms with Gasteiger partial charge < -0.3 is 19.7 Å². The number of fused-ring (bicyclic) bond motifs is 1. The van der Waals surface area contributed by atoms with E-state index in [-0.39, 0.29) is 17.9 Å². The lowest BCUT2D eigenvalue weighted by molar-refractivity contribution is -0.135. The number of ether oxygens (including phenoxy) is 2. The van der Waals surface area contributed by atoms with E-state index in [0.29, 0.717) is 18.8 Å². The van der Waals surface area contributed by atoms with Crippen LogP contribution in [0, 0.1) is 11.8 Å². The van der Waals surface area contributed by atoms with Crippen LogP contribution >= 0.6 is 0 Å². The van der Waals surface area contributed by atoms with Crippen molar-refractivity contribution < 1.29 is 19.1 Å². The molecule has 2 fully saturated rings. The van der Waals surface area contributed by atoms with Crippen molar-refractivity contribution in [1.82, 2.24) is 4.90 Å². The highest BCUT2D eigenvalue weighted by molar-refractivity contribution is 5.99. The number of rotatable bonds is 6. The highest BCUT2D eigenvalue weighted by Crippen LogP contribution is 2.52. The molecule has 1 N–H and O–H groups in total. The van der Waals surface area contributed by atoms with Crippen LogP contribution in [0.25, 0.3) is 0 Å². The first-order valence-corrected chi connectivity index (χ1v) is 10.2. The molecule has 0 saturated carbocycles. The third kappa shape index (κ3) is 3.08. The van der Waals surface area contributed by atoms with Crippen LogP contribution in [-0.2, 0) is 20.7 Å². The molecule has 2 bridgehead atoms. The van der Waals surface area contributed by atoms with Gasteiger partial charge in [0.2, 0.25) is 11.8 Å². The number of hydrogen-bond donors (Lipinski definition) is 1. The summed E-state index contributed by atoms with van der Waals surface area (Å²) in [7, 11) is 1.60. The molecule has 2 saturated heterocycles. The molecular weight excluding hydrogens is 380 g/mol. The van der Waals surface area contributed by atoms with Crippen molar-refractivity contribution in [3.63, 3.8) is 0 Å². The van der Waals surface area contributed by atoms with Gasteiger partial charge in [0, 0.05) is 12.2 Å². The summed E-state index contributed by atoms with van der Waals surface area (Å²) in [6, 6.07) is 17.3. The third-order valence-corrected chi connectivity index (χ3v) is 6.35.